The molecule has 3 heteroatoms. The number of allylic oxidation sites excluding steroid dienone is 1. The Morgan fingerprint density at radius 3 is 2.39 bits per heavy atom. The quantitative estimate of drug-likeness (QED) is 0.396. The van der Waals surface area contributed by atoms with Crippen LogP contribution in [-0.2, 0) is 4.79 Å². The molecule has 0 amide bonds. The van der Waals surface area contributed by atoms with Crippen LogP contribution in [0.3, 0.4) is 0 Å². The molecule has 4 saturated carbocycles. The molecule has 0 aromatic rings. The van der Waals surface area contributed by atoms with Crippen LogP contribution in [0.2, 0.25) is 0 Å². The Bertz CT molecular complexity index is 820. The van der Waals surface area contributed by atoms with E-state index in [1.54, 1.807) is 0 Å². The van der Waals surface area contributed by atoms with Gasteiger partial charge >= 0.3 is 0 Å². The van der Waals surface area contributed by atoms with Gasteiger partial charge < -0.3 is 10.4 Å². The third-order valence-corrected chi connectivity index (χ3v) is 13.2. The molecule has 1 saturated heterocycles. The van der Waals surface area contributed by atoms with E-state index >= 15 is 0 Å². The molecule has 5 fully saturated rings. The predicted octanol–water partition coefficient (Wildman–Crippen LogP) is 6.16. The van der Waals surface area contributed by atoms with Crippen molar-refractivity contribution in [1.82, 2.24) is 5.32 Å². The van der Waals surface area contributed by atoms with Crippen LogP contribution >= 0.6 is 0 Å². The summed E-state index contributed by atoms with van der Waals surface area (Å²) in [7, 11) is 0. The summed E-state index contributed by atoms with van der Waals surface area (Å²) in [4.78, 5) is 11.8. The van der Waals surface area contributed by atoms with E-state index in [9.17, 15) is 9.90 Å². The fourth-order valence-electron chi connectivity index (χ4n) is 11.4. The molecule has 186 valence electrons. The largest absolute Gasteiger partial charge is 0.396 e. The summed E-state index contributed by atoms with van der Waals surface area (Å²) in [6.45, 7) is 18.5. The number of carbonyl (C=O) groups is 1. The van der Waals surface area contributed by atoms with Crippen molar-refractivity contribution in [2.45, 2.75) is 104 Å². The minimum absolute atomic E-state index is 0.0132. The van der Waals surface area contributed by atoms with E-state index in [1.807, 2.05) is 0 Å². The van der Waals surface area contributed by atoms with Crippen molar-refractivity contribution in [3.05, 3.63) is 12.2 Å². The fraction of sp³-hybridized carbons (Fsp3) is 0.900. The van der Waals surface area contributed by atoms with Crippen LogP contribution in [0.25, 0.3) is 0 Å². The zero-order valence-electron chi connectivity index (χ0n) is 22.0. The molecule has 1 aliphatic heterocycles. The maximum absolute atomic E-state index is 11.8. The second-order valence-electron chi connectivity index (χ2n) is 14.3. The molecule has 0 spiro atoms. The lowest BCUT2D eigenvalue weighted by Crippen LogP contribution is -2.66. The van der Waals surface area contributed by atoms with Gasteiger partial charge in [-0.15, -0.1) is 0 Å². The van der Waals surface area contributed by atoms with Crippen LogP contribution in [0, 0.1) is 51.2 Å². The molecule has 5 aliphatic rings. The molecule has 5 rings (SSSR count). The van der Waals surface area contributed by atoms with E-state index in [1.165, 1.54) is 44.9 Å². The van der Waals surface area contributed by atoms with Crippen LogP contribution in [0.5, 0.6) is 0 Å². The maximum Gasteiger partial charge on any atom is 0.145 e. The standard InChI is InChI=1S/C30H49NO2/c1-20(18-32)21-10-14-30(19-33)16-15-28(5)22(25(21)30)8-9-24-27(4)12-7-17-31-26(2,3)23(27)11-13-29(24,28)6/h18,21-25,31,33H,1,7-17,19H2,2-6H3/t21-,22+,23-,24+,25+,27-,28+,29+,30+/m0/s1. The van der Waals surface area contributed by atoms with Crippen molar-refractivity contribution in [3.8, 4) is 0 Å². The van der Waals surface area contributed by atoms with Gasteiger partial charge in [0, 0.05) is 12.1 Å². The van der Waals surface area contributed by atoms with Crippen LogP contribution in [-0.4, -0.2) is 30.1 Å². The van der Waals surface area contributed by atoms with E-state index in [4.69, 9.17) is 0 Å². The highest BCUT2D eigenvalue weighted by molar-refractivity contribution is 5.73. The van der Waals surface area contributed by atoms with E-state index in [-0.39, 0.29) is 28.9 Å². The Morgan fingerprint density at radius 2 is 1.70 bits per heavy atom. The Hall–Kier alpha value is -0.670. The van der Waals surface area contributed by atoms with E-state index in [0.29, 0.717) is 22.7 Å². The molecule has 0 aromatic heterocycles. The smallest absolute Gasteiger partial charge is 0.145 e. The number of hydrogen-bond donors (Lipinski definition) is 2. The third-order valence-electron chi connectivity index (χ3n) is 13.2. The molecule has 0 aromatic carbocycles. The molecule has 0 radical (unpaired) electrons. The third kappa shape index (κ3) is 3.03. The van der Waals surface area contributed by atoms with Gasteiger partial charge in [0.05, 0.1) is 0 Å². The average molecular weight is 456 g/mol. The molecular weight excluding hydrogens is 406 g/mol. The van der Waals surface area contributed by atoms with E-state index in [0.717, 1.165) is 49.5 Å². The summed E-state index contributed by atoms with van der Waals surface area (Å²) in [5, 5.41) is 14.6. The number of hydrogen-bond acceptors (Lipinski definition) is 3. The number of aliphatic hydroxyl groups is 1. The molecular formula is C30H49NO2. The Balaban J connectivity index is 1.56. The summed E-state index contributed by atoms with van der Waals surface area (Å²) in [5.74, 6) is 2.79. The highest BCUT2D eigenvalue weighted by Gasteiger charge is 2.70. The van der Waals surface area contributed by atoms with Crippen LogP contribution in [0.1, 0.15) is 98.8 Å². The summed E-state index contributed by atoms with van der Waals surface area (Å²) in [5.41, 5.74) is 2.02. The number of carbonyl (C=O) groups excluding carboxylic acids is 1. The van der Waals surface area contributed by atoms with Crippen LogP contribution in [0.4, 0.5) is 0 Å². The van der Waals surface area contributed by atoms with Crippen molar-refractivity contribution in [2.24, 2.45) is 51.2 Å². The number of rotatable bonds is 3. The van der Waals surface area contributed by atoms with Gasteiger partial charge in [-0.2, -0.15) is 0 Å². The molecule has 3 nitrogen and oxygen atoms in total. The molecule has 4 aliphatic carbocycles. The maximum atomic E-state index is 11.8. The van der Waals surface area contributed by atoms with Crippen LogP contribution < -0.4 is 5.32 Å². The highest BCUT2D eigenvalue weighted by atomic mass is 16.3. The molecule has 1 heterocycles. The highest BCUT2D eigenvalue weighted by Crippen LogP contribution is 2.76. The lowest BCUT2D eigenvalue weighted by atomic mass is 9.33. The van der Waals surface area contributed by atoms with Gasteiger partial charge in [0.15, 0.2) is 0 Å². The first kappa shape index (κ1) is 24.0. The zero-order chi connectivity index (χ0) is 23.9. The monoisotopic (exact) mass is 455 g/mol. The summed E-state index contributed by atoms with van der Waals surface area (Å²) in [6.07, 6.45) is 13.4. The summed E-state index contributed by atoms with van der Waals surface area (Å²) >= 11 is 0. The molecule has 0 bridgehead atoms. The first-order chi connectivity index (χ1) is 15.5. The lowest BCUT2D eigenvalue weighted by molar-refractivity contribution is -0.226. The Labute approximate surface area is 202 Å². The van der Waals surface area contributed by atoms with E-state index < -0.39 is 0 Å². The van der Waals surface area contributed by atoms with Crippen LogP contribution in [0.15, 0.2) is 12.2 Å². The second-order valence-corrected chi connectivity index (χ2v) is 14.3. The fourth-order valence-corrected chi connectivity index (χ4v) is 11.4. The van der Waals surface area contributed by atoms with Gasteiger partial charge in [0.1, 0.15) is 6.29 Å². The number of aliphatic hydroxyl groups excluding tert-OH is 1. The van der Waals surface area contributed by atoms with Gasteiger partial charge in [-0.1, -0.05) is 27.4 Å². The minimum Gasteiger partial charge on any atom is -0.396 e. The topological polar surface area (TPSA) is 49.3 Å². The van der Waals surface area contributed by atoms with E-state index in [2.05, 4.69) is 46.5 Å². The summed E-state index contributed by atoms with van der Waals surface area (Å²) < 4.78 is 0. The molecule has 0 unspecified atom stereocenters. The van der Waals surface area contributed by atoms with Gasteiger partial charge in [-0.05, 0) is 141 Å². The predicted molar refractivity (Wildman–Crippen MR) is 135 cm³/mol. The molecule has 2 N–H and O–H groups in total. The van der Waals surface area contributed by atoms with Crippen molar-refractivity contribution in [1.29, 1.82) is 0 Å². The van der Waals surface area contributed by atoms with Crippen molar-refractivity contribution in [3.63, 3.8) is 0 Å². The van der Waals surface area contributed by atoms with Gasteiger partial charge in [-0.3, -0.25) is 4.79 Å². The number of aldehydes is 1. The van der Waals surface area contributed by atoms with Crippen molar-refractivity contribution >= 4 is 6.29 Å². The normalized spacial score (nSPS) is 53.1. The zero-order valence-corrected chi connectivity index (χ0v) is 22.0. The lowest BCUT2D eigenvalue weighted by Gasteiger charge is -2.71. The Kier molecular flexibility index (Phi) is 5.58. The first-order valence-corrected chi connectivity index (χ1v) is 14.0. The van der Waals surface area contributed by atoms with Crippen molar-refractivity contribution < 1.29 is 9.90 Å². The van der Waals surface area contributed by atoms with Gasteiger partial charge in [0.25, 0.3) is 0 Å². The molecule has 9 atom stereocenters. The number of nitrogens with one attached hydrogen (secondary N) is 1. The SMILES string of the molecule is C=C(C=O)[C@@H]1CC[C@]2(CO)CC[C@]3(C)[C@H](CC[C@@H]4[C@@]5(C)CCCNC(C)(C)[C@@H]5CC[C@]43C)[C@@H]12. The second kappa shape index (κ2) is 7.66. The number of fused-ring (bicyclic) bond motifs is 7. The first-order valence-electron chi connectivity index (χ1n) is 14.0. The van der Waals surface area contributed by atoms with Gasteiger partial charge in [0.2, 0.25) is 0 Å². The average Bonchev–Trinajstić information content (AvgIpc) is 3.11. The van der Waals surface area contributed by atoms with Gasteiger partial charge in [-0.25, -0.2) is 0 Å². The minimum atomic E-state index is 0.0132. The summed E-state index contributed by atoms with van der Waals surface area (Å²) in [6, 6.07) is 0. The molecule has 33 heavy (non-hydrogen) atoms. The van der Waals surface area contributed by atoms with Crippen molar-refractivity contribution in [2.75, 3.05) is 13.2 Å². The Morgan fingerprint density at radius 1 is 0.939 bits per heavy atom.